The molecule has 2 aromatic rings. The minimum atomic E-state index is -0.0337. The summed E-state index contributed by atoms with van der Waals surface area (Å²) in [6.45, 7) is 0. The van der Waals surface area contributed by atoms with E-state index in [4.69, 9.17) is 0 Å². The number of carbonyl (C=O) groups excluding carboxylic acids is 1. The Morgan fingerprint density at radius 1 is 1.10 bits per heavy atom. The molecule has 1 heterocycles. The molecule has 20 heavy (non-hydrogen) atoms. The molecule has 1 aliphatic rings. The molecule has 0 saturated heterocycles. The first kappa shape index (κ1) is 12.9. The van der Waals surface area contributed by atoms with Gasteiger partial charge >= 0.3 is 0 Å². The van der Waals surface area contributed by atoms with Gasteiger partial charge in [-0.25, -0.2) is 0 Å². The Balaban J connectivity index is 1.89. The van der Waals surface area contributed by atoms with Crippen molar-refractivity contribution in [3.05, 3.63) is 60.4 Å². The predicted molar refractivity (Wildman–Crippen MR) is 79.4 cm³/mol. The first-order valence-corrected chi connectivity index (χ1v) is 7.10. The van der Waals surface area contributed by atoms with Gasteiger partial charge in [0.15, 0.2) is 0 Å². The van der Waals surface area contributed by atoms with Crippen molar-refractivity contribution < 1.29 is 4.79 Å². The van der Waals surface area contributed by atoms with Gasteiger partial charge in [0.1, 0.15) is 5.78 Å². The molecule has 3 heteroatoms. The highest BCUT2D eigenvalue weighted by Gasteiger charge is 2.33. The number of hydrogen-bond donors (Lipinski definition) is 1. The zero-order valence-corrected chi connectivity index (χ0v) is 11.3. The minimum absolute atomic E-state index is 0.0325. The fraction of sp³-hybridized carbons (Fsp3) is 0.294. The van der Waals surface area contributed by atoms with E-state index in [0.29, 0.717) is 12.2 Å². The number of aromatic nitrogens is 1. The van der Waals surface area contributed by atoms with Crippen molar-refractivity contribution in [3.63, 3.8) is 0 Å². The predicted octanol–water partition coefficient (Wildman–Crippen LogP) is 3.60. The summed E-state index contributed by atoms with van der Waals surface area (Å²) >= 11 is 0. The van der Waals surface area contributed by atoms with Crippen molar-refractivity contribution in [1.29, 1.82) is 0 Å². The van der Waals surface area contributed by atoms with Crippen LogP contribution in [0.4, 0.5) is 5.69 Å². The van der Waals surface area contributed by atoms with Gasteiger partial charge in [0.2, 0.25) is 0 Å². The van der Waals surface area contributed by atoms with Crippen LogP contribution in [0.25, 0.3) is 0 Å². The molecule has 1 aromatic carbocycles. The molecule has 1 N–H and O–H groups in total. The average Bonchev–Trinajstić information content (AvgIpc) is 2.93. The van der Waals surface area contributed by atoms with Crippen molar-refractivity contribution in [1.82, 2.24) is 4.98 Å². The van der Waals surface area contributed by atoms with Crippen LogP contribution >= 0.6 is 0 Å². The lowest BCUT2D eigenvalue weighted by Crippen LogP contribution is -2.24. The summed E-state index contributed by atoms with van der Waals surface area (Å²) in [4.78, 5) is 16.6. The Kier molecular flexibility index (Phi) is 3.77. The lowest BCUT2D eigenvalue weighted by atomic mass is 9.93. The molecule has 3 nitrogen and oxygen atoms in total. The topological polar surface area (TPSA) is 42.0 Å². The molecule has 0 aliphatic heterocycles. The zero-order valence-electron chi connectivity index (χ0n) is 11.3. The maximum atomic E-state index is 12.1. The lowest BCUT2D eigenvalue weighted by molar-refractivity contribution is -0.121. The number of anilines is 1. The Bertz CT molecular complexity index is 568. The molecule has 102 valence electrons. The van der Waals surface area contributed by atoms with E-state index in [1.54, 1.807) is 6.20 Å². The number of benzene rings is 1. The van der Waals surface area contributed by atoms with Gasteiger partial charge in [0, 0.05) is 24.2 Å². The van der Waals surface area contributed by atoms with Crippen molar-refractivity contribution in [2.24, 2.45) is 5.92 Å². The van der Waals surface area contributed by atoms with E-state index in [2.05, 4.69) is 10.3 Å². The molecule has 2 unspecified atom stereocenters. The van der Waals surface area contributed by atoms with Gasteiger partial charge in [-0.15, -0.1) is 0 Å². The fourth-order valence-electron chi connectivity index (χ4n) is 2.85. The second kappa shape index (κ2) is 5.87. The number of Topliss-reactive ketones (excluding diaryl/α,β-unsaturated/α-hetero) is 1. The number of pyridine rings is 1. The average molecular weight is 266 g/mol. The van der Waals surface area contributed by atoms with Gasteiger partial charge in [0.25, 0.3) is 0 Å². The standard InChI is InChI=1S/C17H18N2O/c20-16-11-6-9-14(16)17(15-10-4-5-12-18-15)19-13-7-2-1-3-8-13/h1-5,7-8,10,12,14,17,19H,6,9,11H2. The molecule has 2 atom stereocenters. The van der Waals surface area contributed by atoms with E-state index in [1.165, 1.54) is 0 Å². The normalized spacial score (nSPS) is 19.8. The van der Waals surface area contributed by atoms with E-state index in [1.807, 2.05) is 48.5 Å². The van der Waals surface area contributed by atoms with Crippen LogP contribution in [0.5, 0.6) is 0 Å². The van der Waals surface area contributed by atoms with Gasteiger partial charge in [-0.2, -0.15) is 0 Å². The molecule has 0 bridgehead atoms. The molecule has 0 amide bonds. The second-order valence-corrected chi connectivity index (χ2v) is 5.21. The van der Waals surface area contributed by atoms with Crippen LogP contribution in [0.15, 0.2) is 54.7 Å². The van der Waals surface area contributed by atoms with Crippen LogP contribution in [-0.4, -0.2) is 10.8 Å². The highest BCUT2D eigenvalue weighted by molar-refractivity contribution is 5.84. The molecular formula is C17H18N2O. The van der Waals surface area contributed by atoms with Crippen molar-refractivity contribution in [2.45, 2.75) is 25.3 Å². The second-order valence-electron chi connectivity index (χ2n) is 5.21. The molecule has 0 spiro atoms. The summed E-state index contributed by atoms with van der Waals surface area (Å²) in [5.41, 5.74) is 1.97. The van der Waals surface area contributed by atoms with E-state index in [9.17, 15) is 4.79 Å². The van der Waals surface area contributed by atoms with Crippen molar-refractivity contribution >= 4 is 11.5 Å². The SMILES string of the molecule is O=C1CCCC1C(Nc1ccccc1)c1ccccn1. The van der Waals surface area contributed by atoms with E-state index in [-0.39, 0.29) is 12.0 Å². The highest BCUT2D eigenvalue weighted by Crippen LogP contribution is 2.34. The zero-order chi connectivity index (χ0) is 13.8. The van der Waals surface area contributed by atoms with Gasteiger partial charge in [-0.05, 0) is 37.1 Å². The maximum Gasteiger partial charge on any atom is 0.138 e. The summed E-state index contributed by atoms with van der Waals surface area (Å²) in [6.07, 6.45) is 4.42. The Labute approximate surface area is 119 Å². The van der Waals surface area contributed by atoms with Gasteiger partial charge in [-0.1, -0.05) is 24.3 Å². The fourth-order valence-corrected chi connectivity index (χ4v) is 2.85. The van der Waals surface area contributed by atoms with Gasteiger partial charge < -0.3 is 5.32 Å². The summed E-state index contributed by atoms with van der Waals surface area (Å²) in [5, 5.41) is 3.48. The summed E-state index contributed by atoms with van der Waals surface area (Å²) in [7, 11) is 0. The van der Waals surface area contributed by atoms with Crippen LogP contribution in [-0.2, 0) is 4.79 Å². The van der Waals surface area contributed by atoms with Gasteiger partial charge in [-0.3, -0.25) is 9.78 Å². The van der Waals surface area contributed by atoms with Gasteiger partial charge in [0.05, 0.1) is 11.7 Å². The third-order valence-corrected chi connectivity index (χ3v) is 3.86. The first-order valence-electron chi connectivity index (χ1n) is 7.10. The van der Waals surface area contributed by atoms with Crippen LogP contribution in [0.2, 0.25) is 0 Å². The molecule has 1 aliphatic carbocycles. The van der Waals surface area contributed by atoms with E-state index < -0.39 is 0 Å². The summed E-state index contributed by atoms with van der Waals surface area (Å²) < 4.78 is 0. The Hall–Kier alpha value is -2.16. The molecule has 3 rings (SSSR count). The highest BCUT2D eigenvalue weighted by atomic mass is 16.1. The van der Waals surface area contributed by atoms with Crippen molar-refractivity contribution in [3.8, 4) is 0 Å². The van der Waals surface area contributed by atoms with Crippen LogP contribution in [0.1, 0.15) is 31.0 Å². The number of para-hydroxylation sites is 1. The summed E-state index contributed by atoms with van der Waals surface area (Å²) in [6, 6.07) is 15.9. The summed E-state index contributed by atoms with van der Waals surface area (Å²) in [5.74, 6) is 0.384. The van der Waals surface area contributed by atoms with Crippen LogP contribution < -0.4 is 5.32 Å². The first-order chi connectivity index (χ1) is 9.84. The number of hydrogen-bond acceptors (Lipinski definition) is 3. The van der Waals surface area contributed by atoms with E-state index in [0.717, 1.165) is 24.2 Å². The van der Waals surface area contributed by atoms with Crippen LogP contribution in [0.3, 0.4) is 0 Å². The molecular weight excluding hydrogens is 248 g/mol. The molecule has 0 radical (unpaired) electrons. The quantitative estimate of drug-likeness (QED) is 0.919. The Morgan fingerprint density at radius 2 is 1.90 bits per heavy atom. The number of ketones is 1. The number of nitrogens with one attached hydrogen (secondary N) is 1. The lowest BCUT2D eigenvalue weighted by Gasteiger charge is -2.24. The largest absolute Gasteiger partial charge is 0.376 e. The maximum absolute atomic E-state index is 12.1. The number of rotatable bonds is 4. The van der Waals surface area contributed by atoms with Crippen molar-refractivity contribution in [2.75, 3.05) is 5.32 Å². The molecule has 1 saturated carbocycles. The molecule has 1 fully saturated rings. The van der Waals surface area contributed by atoms with E-state index >= 15 is 0 Å². The Morgan fingerprint density at radius 3 is 2.55 bits per heavy atom. The monoisotopic (exact) mass is 266 g/mol. The van der Waals surface area contributed by atoms with Crippen LogP contribution in [0, 0.1) is 5.92 Å². The third kappa shape index (κ3) is 2.72. The number of nitrogens with zero attached hydrogens (tertiary/aromatic N) is 1. The minimum Gasteiger partial charge on any atom is -0.376 e. The number of carbonyl (C=O) groups is 1. The molecule has 1 aromatic heterocycles. The third-order valence-electron chi connectivity index (χ3n) is 3.86. The smallest absolute Gasteiger partial charge is 0.138 e.